The molecule has 0 saturated carbocycles. The van der Waals surface area contributed by atoms with Crippen LogP contribution in [0.2, 0.25) is 0 Å². The lowest BCUT2D eigenvalue weighted by atomic mass is 10.1. The molecule has 2 aromatic heterocycles. The average molecular weight is 328 g/mol. The summed E-state index contributed by atoms with van der Waals surface area (Å²) in [5.41, 5.74) is 3.42. The quantitative estimate of drug-likeness (QED) is 0.626. The molecule has 1 amide bonds. The molecule has 0 aliphatic carbocycles. The Hall–Kier alpha value is -3.47. The van der Waals surface area contributed by atoms with Crippen LogP contribution in [0, 0.1) is 0 Å². The molecule has 5 heteroatoms. The third-order valence-electron chi connectivity index (χ3n) is 4.14. The number of amides is 1. The van der Waals surface area contributed by atoms with E-state index in [1.54, 1.807) is 25.5 Å². The first kappa shape index (κ1) is 15.1. The van der Waals surface area contributed by atoms with Gasteiger partial charge in [-0.25, -0.2) is 4.98 Å². The Kier molecular flexibility index (Phi) is 3.74. The van der Waals surface area contributed by atoms with Crippen molar-refractivity contribution in [3.8, 4) is 17.1 Å². The van der Waals surface area contributed by atoms with Crippen molar-refractivity contribution in [2.75, 3.05) is 7.05 Å². The highest BCUT2D eigenvalue weighted by atomic mass is 16.1. The van der Waals surface area contributed by atoms with Gasteiger partial charge in [-0.1, -0.05) is 24.3 Å². The first-order valence-corrected chi connectivity index (χ1v) is 7.98. The molecule has 0 spiro atoms. The molecule has 0 saturated heterocycles. The zero-order valence-corrected chi connectivity index (χ0v) is 13.7. The third kappa shape index (κ3) is 2.65. The van der Waals surface area contributed by atoms with E-state index in [0.717, 1.165) is 28.0 Å². The summed E-state index contributed by atoms with van der Waals surface area (Å²) in [6.07, 6.45) is 5.45. The summed E-state index contributed by atoms with van der Waals surface area (Å²) in [5.74, 6) is 0.700. The number of nitrogens with one attached hydrogen (secondary N) is 1. The molecule has 0 fully saturated rings. The van der Waals surface area contributed by atoms with Crippen LogP contribution in [0.4, 0.5) is 0 Å². The number of rotatable bonds is 3. The van der Waals surface area contributed by atoms with Crippen molar-refractivity contribution < 1.29 is 4.79 Å². The van der Waals surface area contributed by atoms with E-state index in [0.29, 0.717) is 5.56 Å². The van der Waals surface area contributed by atoms with Crippen LogP contribution in [0.3, 0.4) is 0 Å². The minimum absolute atomic E-state index is 0.113. The van der Waals surface area contributed by atoms with Crippen LogP contribution in [0.5, 0.6) is 0 Å². The second-order valence-corrected chi connectivity index (χ2v) is 5.63. The van der Waals surface area contributed by atoms with Crippen molar-refractivity contribution in [2.45, 2.75) is 0 Å². The smallest absolute Gasteiger partial charge is 0.251 e. The maximum Gasteiger partial charge on any atom is 0.251 e. The fourth-order valence-electron chi connectivity index (χ4n) is 2.94. The van der Waals surface area contributed by atoms with Gasteiger partial charge in [0.05, 0.1) is 5.52 Å². The predicted octanol–water partition coefficient (Wildman–Crippen LogP) is 3.45. The van der Waals surface area contributed by atoms with Gasteiger partial charge in [0.25, 0.3) is 5.91 Å². The molecule has 2 aromatic carbocycles. The summed E-state index contributed by atoms with van der Waals surface area (Å²) < 4.78 is 1.98. The monoisotopic (exact) mass is 328 g/mol. The zero-order valence-electron chi connectivity index (χ0n) is 13.7. The number of carbonyl (C=O) groups excluding carboxylic acids is 1. The highest BCUT2D eigenvalue weighted by molar-refractivity contribution is 5.95. The van der Waals surface area contributed by atoms with E-state index in [4.69, 9.17) is 0 Å². The molecule has 0 aliphatic heterocycles. The molecule has 0 aliphatic rings. The van der Waals surface area contributed by atoms with Crippen LogP contribution in [0.1, 0.15) is 10.4 Å². The molecular formula is C20H16N4O. The van der Waals surface area contributed by atoms with Crippen LogP contribution in [0.15, 0.2) is 73.2 Å². The minimum atomic E-state index is -0.113. The van der Waals surface area contributed by atoms with Gasteiger partial charge in [-0.2, -0.15) is 0 Å². The van der Waals surface area contributed by atoms with Gasteiger partial charge in [0, 0.05) is 47.8 Å². The Morgan fingerprint density at radius 2 is 1.88 bits per heavy atom. The number of benzene rings is 2. The molecule has 4 rings (SSSR count). The summed E-state index contributed by atoms with van der Waals surface area (Å²) in [7, 11) is 1.63. The third-order valence-corrected chi connectivity index (χ3v) is 4.14. The van der Waals surface area contributed by atoms with Crippen molar-refractivity contribution in [3.63, 3.8) is 0 Å². The maximum atomic E-state index is 11.9. The number of imidazole rings is 1. The average Bonchev–Trinajstić information content (AvgIpc) is 3.16. The largest absolute Gasteiger partial charge is 0.355 e. The zero-order chi connectivity index (χ0) is 17.2. The van der Waals surface area contributed by atoms with Gasteiger partial charge in [0.15, 0.2) is 0 Å². The molecule has 0 radical (unpaired) electrons. The standard InChI is InChI=1S/C20H16N4O/c1-21-20(25)14-5-4-6-15(13-14)24-12-11-23-19(24)17-9-10-22-18-8-3-2-7-16(17)18/h2-13H,1H3,(H,21,25). The van der Waals surface area contributed by atoms with Gasteiger partial charge in [-0.05, 0) is 30.3 Å². The van der Waals surface area contributed by atoms with Gasteiger partial charge in [-0.15, -0.1) is 0 Å². The Morgan fingerprint density at radius 3 is 2.76 bits per heavy atom. The number of hydrogen-bond acceptors (Lipinski definition) is 3. The van der Waals surface area contributed by atoms with Crippen LogP contribution >= 0.6 is 0 Å². The van der Waals surface area contributed by atoms with Gasteiger partial charge < -0.3 is 5.32 Å². The van der Waals surface area contributed by atoms with E-state index >= 15 is 0 Å². The van der Waals surface area contributed by atoms with E-state index in [1.165, 1.54) is 0 Å². The van der Waals surface area contributed by atoms with Crippen LogP contribution in [0.25, 0.3) is 28.0 Å². The van der Waals surface area contributed by atoms with E-state index in [2.05, 4.69) is 15.3 Å². The lowest BCUT2D eigenvalue weighted by Gasteiger charge is -2.11. The van der Waals surface area contributed by atoms with Crippen LogP contribution in [-0.2, 0) is 0 Å². The van der Waals surface area contributed by atoms with Crippen molar-refractivity contribution >= 4 is 16.8 Å². The highest BCUT2D eigenvalue weighted by Crippen LogP contribution is 2.28. The first-order valence-electron chi connectivity index (χ1n) is 7.98. The van der Waals surface area contributed by atoms with Crippen molar-refractivity contribution in [2.24, 2.45) is 0 Å². The lowest BCUT2D eigenvalue weighted by Crippen LogP contribution is -2.17. The second kappa shape index (κ2) is 6.20. The summed E-state index contributed by atoms with van der Waals surface area (Å²) in [5, 5.41) is 3.69. The van der Waals surface area contributed by atoms with Gasteiger partial charge in [0.2, 0.25) is 0 Å². The van der Waals surface area contributed by atoms with Crippen LogP contribution in [-0.4, -0.2) is 27.5 Å². The van der Waals surface area contributed by atoms with E-state index in [9.17, 15) is 4.79 Å². The number of carbonyl (C=O) groups is 1. The Balaban J connectivity index is 1.88. The molecule has 1 N–H and O–H groups in total. The summed E-state index contributed by atoms with van der Waals surface area (Å²) in [4.78, 5) is 20.9. The molecule has 122 valence electrons. The lowest BCUT2D eigenvalue weighted by molar-refractivity contribution is 0.0963. The summed E-state index contributed by atoms with van der Waals surface area (Å²) >= 11 is 0. The van der Waals surface area contributed by atoms with E-state index in [-0.39, 0.29) is 5.91 Å². The second-order valence-electron chi connectivity index (χ2n) is 5.63. The Morgan fingerprint density at radius 1 is 1.00 bits per heavy atom. The van der Waals surface area contributed by atoms with Gasteiger partial charge in [0.1, 0.15) is 5.82 Å². The number of hydrogen-bond donors (Lipinski definition) is 1. The molecule has 4 aromatic rings. The highest BCUT2D eigenvalue weighted by Gasteiger charge is 2.12. The van der Waals surface area contributed by atoms with E-state index < -0.39 is 0 Å². The number of para-hydroxylation sites is 1. The summed E-state index contributed by atoms with van der Waals surface area (Å²) in [6.45, 7) is 0. The molecule has 5 nitrogen and oxygen atoms in total. The van der Waals surface area contributed by atoms with Crippen molar-refractivity contribution in [3.05, 3.63) is 78.8 Å². The molecule has 2 heterocycles. The molecular weight excluding hydrogens is 312 g/mol. The predicted molar refractivity (Wildman–Crippen MR) is 97.7 cm³/mol. The minimum Gasteiger partial charge on any atom is -0.355 e. The maximum absolute atomic E-state index is 11.9. The topological polar surface area (TPSA) is 59.8 Å². The van der Waals surface area contributed by atoms with Crippen LogP contribution < -0.4 is 5.32 Å². The number of aromatic nitrogens is 3. The fourth-order valence-corrected chi connectivity index (χ4v) is 2.94. The Bertz CT molecular complexity index is 1060. The van der Waals surface area contributed by atoms with Crippen molar-refractivity contribution in [1.82, 2.24) is 19.9 Å². The molecule has 0 unspecified atom stereocenters. The SMILES string of the molecule is CNC(=O)c1cccc(-n2ccnc2-c2ccnc3ccccc23)c1. The summed E-state index contributed by atoms with van der Waals surface area (Å²) in [6, 6.07) is 17.4. The van der Waals surface area contributed by atoms with Gasteiger partial charge >= 0.3 is 0 Å². The number of pyridine rings is 1. The number of fused-ring (bicyclic) bond motifs is 1. The normalized spacial score (nSPS) is 10.8. The molecule has 0 atom stereocenters. The van der Waals surface area contributed by atoms with Gasteiger partial charge in [-0.3, -0.25) is 14.3 Å². The fraction of sp³-hybridized carbons (Fsp3) is 0.0500. The van der Waals surface area contributed by atoms with E-state index in [1.807, 2.05) is 59.3 Å². The molecule has 0 bridgehead atoms. The number of nitrogens with zero attached hydrogens (tertiary/aromatic N) is 3. The van der Waals surface area contributed by atoms with Crippen molar-refractivity contribution in [1.29, 1.82) is 0 Å². The first-order chi connectivity index (χ1) is 12.3. The Labute approximate surface area is 145 Å². The molecule has 25 heavy (non-hydrogen) atoms.